The van der Waals surface area contributed by atoms with Gasteiger partial charge >= 0.3 is 12.1 Å². The quantitative estimate of drug-likeness (QED) is 0.645. The average molecular weight is 471 g/mol. The summed E-state index contributed by atoms with van der Waals surface area (Å²) in [4.78, 5) is 13.2. The number of hydrogen-bond acceptors (Lipinski definition) is 5. The average Bonchev–Trinajstić information content (AvgIpc) is 3.18. The van der Waals surface area contributed by atoms with Gasteiger partial charge in [-0.05, 0) is 56.3 Å². The van der Waals surface area contributed by atoms with E-state index in [1.165, 1.54) is 25.1 Å². The van der Waals surface area contributed by atoms with E-state index in [0.717, 1.165) is 25.7 Å². The molecular weight excluding hydrogens is 437 g/mol. The van der Waals surface area contributed by atoms with Crippen LogP contribution in [0.4, 0.5) is 13.2 Å². The van der Waals surface area contributed by atoms with E-state index in [1.54, 1.807) is 6.92 Å². The summed E-state index contributed by atoms with van der Waals surface area (Å²) in [6, 6.07) is 6.64. The zero-order valence-corrected chi connectivity index (χ0v) is 19.6. The fourth-order valence-corrected chi connectivity index (χ4v) is 6.94. The van der Waals surface area contributed by atoms with Crippen LogP contribution in [0.3, 0.4) is 0 Å². The van der Waals surface area contributed by atoms with Crippen molar-refractivity contribution in [3.8, 4) is 0 Å². The first-order valence-electron chi connectivity index (χ1n) is 11.5. The fraction of sp³-hybridized carbons (Fsp3) is 0.720. The lowest BCUT2D eigenvalue weighted by Crippen LogP contribution is -2.54. The minimum Gasteiger partial charge on any atom is -0.457 e. The Hall–Kier alpha value is -1.64. The Bertz CT molecular complexity index is 910. The summed E-state index contributed by atoms with van der Waals surface area (Å²) in [5.74, 6) is -2.01. The third-order valence-corrected chi connectivity index (χ3v) is 8.94. The topological polar surface area (TPSA) is 76.0 Å². The van der Waals surface area contributed by atoms with Gasteiger partial charge in [-0.15, -0.1) is 0 Å². The molecule has 3 aliphatic rings. The number of ether oxygens (including phenoxy) is 2. The van der Waals surface area contributed by atoms with Crippen LogP contribution in [0.1, 0.15) is 52.5 Å². The van der Waals surface area contributed by atoms with Crippen molar-refractivity contribution in [2.45, 2.75) is 76.0 Å². The Morgan fingerprint density at radius 3 is 2.18 bits per heavy atom. The minimum atomic E-state index is -5.09. The summed E-state index contributed by atoms with van der Waals surface area (Å²) in [5.41, 5.74) is -6.46. The number of fused-ring (bicyclic) bond motifs is 3. The SMILES string of the molecule is CO[C@](C(=O)O[C@@H]1C[C@H]2[C@@H]([C@@H]3[C@H](CC[C@]2(C)O)C3(C)C)[C@]1(C)O)(c1ccccc1)C(F)(F)F. The molecule has 0 unspecified atom stereocenters. The maximum atomic E-state index is 14.3. The van der Waals surface area contributed by atoms with Crippen LogP contribution >= 0.6 is 0 Å². The molecule has 1 aromatic carbocycles. The second-order valence-electron chi connectivity index (χ2n) is 11.1. The van der Waals surface area contributed by atoms with Crippen molar-refractivity contribution in [3.63, 3.8) is 0 Å². The van der Waals surface area contributed by atoms with Crippen molar-refractivity contribution in [2.24, 2.45) is 29.1 Å². The van der Waals surface area contributed by atoms with Crippen molar-refractivity contribution in [1.29, 1.82) is 0 Å². The number of aliphatic hydroxyl groups is 2. The molecule has 3 aliphatic carbocycles. The van der Waals surface area contributed by atoms with Crippen molar-refractivity contribution < 1.29 is 37.7 Å². The van der Waals surface area contributed by atoms with Crippen LogP contribution in [0, 0.1) is 29.1 Å². The van der Waals surface area contributed by atoms with E-state index in [4.69, 9.17) is 9.47 Å². The van der Waals surface area contributed by atoms with Gasteiger partial charge in [-0.25, -0.2) is 4.79 Å². The van der Waals surface area contributed by atoms with Gasteiger partial charge in [0, 0.05) is 18.6 Å². The smallest absolute Gasteiger partial charge is 0.432 e. The lowest BCUT2D eigenvalue weighted by Gasteiger charge is -2.38. The zero-order chi connectivity index (χ0) is 24.6. The number of alkyl halides is 3. The highest BCUT2D eigenvalue weighted by Crippen LogP contribution is 2.72. The van der Waals surface area contributed by atoms with E-state index in [2.05, 4.69) is 13.8 Å². The molecule has 0 amide bonds. The number of benzene rings is 1. The van der Waals surface area contributed by atoms with Crippen LogP contribution in [0.5, 0.6) is 0 Å². The van der Waals surface area contributed by atoms with Crippen LogP contribution in [0.25, 0.3) is 0 Å². The van der Waals surface area contributed by atoms with Gasteiger partial charge in [0.2, 0.25) is 0 Å². The summed E-state index contributed by atoms with van der Waals surface area (Å²) < 4.78 is 53.2. The van der Waals surface area contributed by atoms with Crippen molar-refractivity contribution >= 4 is 5.97 Å². The second-order valence-corrected chi connectivity index (χ2v) is 11.1. The van der Waals surface area contributed by atoms with Gasteiger partial charge in [0.1, 0.15) is 11.7 Å². The van der Waals surface area contributed by atoms with E-state index >= 15 is 0 Å². The van der Waals surface area contributed by atoms with Gasteiger partial charge in [0.25, 0.3) is 5.60 Å². The highest BCUT2D eigenvalue weighted by atomic mass is 19.4. The molecule has 0 aliphatic heterocycles. The number of hydrogen-bond donors (Lipinski definition) is 2. The van der Waals surface area contributed by atoms with E-state index in [1.807, 2.05) is 0 Å². The highest BCUT2D eigenvalue weighted by molar-refractivity contribution is 5.83. The van der Waals surface area contributed by atoms with Crippen LogP contribution in [-0.2, 0) is 19.9 Å². The molecule has 1 aromatic rings. The minimum absolute atomic E-state index is 0.0470. The van der Waals surface area contributed by atoms with Gasteiger partial charge in [0.15, 0.2) is 0 Å². The molecule has 2 N–H and O–H groups in total. The Labute approximate surface area is 192 Å². The van der Waals surface area contributed by atoms with Crippen LogP contribution in [0.15, 0.2) is 30.3 Å². The predicted molar refractivity (Wildman–Crippen MR) is 114 cm³/mol. The summed E-state index contributed by atoms with van der Waals surface area (Å²) in [5, 5.41) is 22.8. The number of rotatable bonds is 4. The standard InChI is InChI=1S/C25H33F3O5/c1-21(2)15-11-12-22(3,30)16-13-17(23(4,31)19(16)18(15)21)33-20(29)24(32-5,25(26,27)28)14-9-7-6-8-10-14/h6-10,15-19,30-31H,11-13H2,1-5H3/t15-,16-,17+,18-,19-,22-,23+,24-/m0/s1. The number of carbonyl (C=O) groups excluding carboxylic acids is 1. The van der Waals surface area contributed by atoms with Gasteiger partial charge in [0.05, 0.1) is 5.60 Å². The number of carbonyl (C=O) groups is 1. The largest absolute Gasteiger partial charge is 0.457 e. The molecule has 3 fully saturated rings. The molecule has 8 heteroatoms. The van der Waals surface area contributed by atoms with Crippen LogP contribution in [0.2, 0.25) is 0 Å². The molecule has 0 spiro atoms. The van der Waals surface area contributed by atoms with Crippen LogP contribution < -0.4 is 0 Å². The van der Waals surface area contributed by atoms with Gasteiger partial charge in [-0.2, -0.15) is 13.2 Å². The van der Waals surface area contributed by atoms with Gasteiger partial charge < -0.3 is 19.7 Å². The summed E-state index contributed by atoms with van der Waals surface area (Å²) in [6.07, 6.45) is -4.86. The number of methoxy groups -OCH3 is 1. The van der Waals surface area contributed by atoms with E-state index in [9.17, 15) is 28.2 Å². The van der Waals surface area contributed by atoms with E-state index < -0.39 is 52.5 Å². The Morgan fingerprint density at radius 1 is 1.03 bits per heavy atom. The molecule has 0 saturated heterocycles. The van der Waals surface area contributed by atoms with Crippen molar-refractivity contribution in [1.82, 2.24) is 0 Å². The molecule has 0 bridgehead atoms. The Kier molecular flexibility index (Phi) is 5.51. The molecule has 0 heterocycles. The maximum Gasteiger partial charge on any atom is 0.432 e. The number of halogens is 3. The maximum absolute atomic E-state index is 14.3. The molecular formula is C25H33F3O5. The Morgan fingerprint density at radius 2 is 1.64 bits per heavy atom. The predicted octanol–water partition coefficient (Wildman–Crippen LogP) is 4.21. The number of esters is 1. The van der Waals surface area contributed by atoms with Crippen molar-refractivity contribution in [2.75, 3.05) is 7.11 Å². The van der Waals surface area contributed by atoms with E-state index in [0.29, 0.717) is 12.3 Å². The molecule has 8 atom stereocenters. The summed E-state index contributed by atoms with van der Waals surface area (Å²) >= 11 is 0. The Balaban J connectivity index is 1.69. The molecule has 184 valence electrons. The highest BCUT2D eigenvalue weighted by Gasteiger charge is 2.73. The zero-order valence-electron chi connectivity index (χ0n) is 19.6. The second kappa shape index (κ2) is 7.43. The normalized spacial score (nSPS) is 41.3. The van der Waals surface area contributed by atoms with Crippen molar-refractivity contribution in [3.05, 3.63) is 35.9 Å². The van der Waals surface area contributed by atoms with Crippen LogP contribution in [-0.4, -0.2) is 46.8 Å². The van der Waals surface area contributed by atoms with Gasteiger partial charge in [-0.3, -0.25) is 0 Å². The summed E-state index contributed by atoms with van der Waals surface area (Å²) in [7, 11) is 0.820. The monoisotopic (exact) mass is 470 g/mol. The summed E-state index contributed by atoms with van der Waals surface area (Å²) in [6.45, 7) is 7.46. The first-order valence-corrected chi connectivity index (χ1v) is 11.5. The molecule has 4 rings (SSSR count). The van der Waals surface area contributed by atoms with Gasteiger partial charge in [-0.1, -0.05) is 44.2 Å². The van der Waals surface area contributed by atoms with E-state index in [-0.39, 0.29) is 17.8 Å². The fourth-order valence-electron chi connectivity index (χ4n) is 6.94. The first-order chi connectivity index (χ1) is 15.1. The molecule has 33 heavy (non-hydrogen) atoms. The first kappa shape index (κ1) is 24.5. The third kappa shape index (κ3) is 3.43. The lowest BCUT2D eigenvalue weighted by atomic mass is 9.73. The lowest BCUT2D eigenvalue weighted by molar-refractivity contribution is -0.280. The molecule has 3 saturated carbocycles. The molecule has 0 radical (unpaired) electrons. The molecule has 0 aromatic heterocycles. The molecule has 5 nitrogen and oxygen atoms in total. The third-order valence-electron chi connectivity index (χ3n) is 8.94.